The van der Waals surface area contributed by atoms with Crippen LogP contribution in [0.2, 0.25) is 0 Å². The van der Waals surface area contributed by atoms with E-state index in [9.17, 15) is 5.11 Å². The summed E-state index contributed by atoms with van der Waals surface area (Å²) in [6, 6.07) is 19.5. The van der Waals surface area contributed by atoms with Crippen LogP contribution in [0.15, 0.2) is 60.7 Å². The number of benzene rings is 3. The summed E-state index contributed by atoms with van der Waals surface area (Å²) in [6.07, 6.45) is 11.0. The summed E-state index contributed by atoms with van der Waals surface area (Å²) in [6.45, 7) is 20.2. The molecule has 0 radical (unpaired) electrons. The third-order valence-electron chi connectivity index (χ3n) is 6.47. The van der Waals surface area contributed by atoms with E-state index >= 15 is 0 Å². The molecule has 2 aliphatic rings. The second kappa shape index (κ2) is 24.8. The number of para-hydroxylation sites is 1. The number of hydrogen-bond acceptors (Lipinski definition) is 2. The van der Waals surface area contributed by atoms with Gasteiger partial charge in [-0.15, -0.1) is 0 Å². The molecule has 0 atom stereocenters. The van der Waals surface area contributed by atoms with Crippen molar-refractivity contribution >= 4 is 10.8 Å². The van der Waals surface area contributed by atoms with Gasteiger partial charge in [0, 0.05) is 5.56 Å². The SMILES string of the molecule is CC.CC.CC.CC.CC1CCCC1.Cc1ccccc1O.Oc1ccc2ccccc2c1C1CCCC1. The van der Waals surface area contributed by atoms with Gasteiger partial charge in [0.1, 0.15) is 11.5 Å². The lowest BCUT2D eigenvalue weighted by atomic mass is 9.91. The number of fused-ring (bicyclic) bond motifs is 1. The van der Waals surface area contributed by atoms with E-state index in [0.29, 0.717) is 17.4 Å². The largest absolute Gasteiger partial charge is 0.508 e. The van der Waals surface area contributed by atoms with Gasteiger partial charge in [0.15, 0.2) is 0 Å². The standard InChI is InChI=1S/C15H16O.C7H8O.C6H12.4C2H6/c16-14-10-9-11-5-3-4-8-13(11)15(14)12-6-1-2-7-12;1-6-4-2-3-5-7(6)8;1-6-4-2-3-5-6;4*1-2/h3-5,8-10,12,16H,1-2,6-7H2;2-5,8H,1H3;6H,2-5H2,1H3;4*1-2H3. The quantitative estimate of drug-likeness (QED) is 0.332. The number of aryl methyl sites for hydroxylation is 1. The van der Waals surface area contributed by atoms with E-state index in [4.69, 9.17) is 5.11 Å². The molecule has 0 amide bonds. The molecule has 3 aromatic rings. The van der Waals surface area contributed by atoms with Crippen LogP contribution in [0.5, 0.6) is 11.5 Å². The molecule has 38 heavy (non-hydrogen) atoms. The van der Waals surface area contributed by atoms with Crippen molar-refractivity contribution in [1.82, 2.24) is 0 Å². The molecule has 2 saturated carbocycles. The van der Waals surface area contributed by atoms with Gasteiger partial charge in [0.25, 0.3) is 0 Å². The zero-order valence-corrected chi connectivity index (χ0v) is 26.5. The molecule has 3 aromatic carbocycles. The first-order valence-electron chi connectivity index (χ1n) is 15.5. The Morgan fingerprint density at radius 2 is 1.03 bits per heavy atom. The first-order chi connectivity index (χ1) is 18.6. The topological polar surface area (TPSA) is 40.5 Å². The zero-order valence-electron chi connectivity index (χ0n) is 26.5. The molecular formula is C36H60O2. The second-order valence-electron chi connectivity index (χ2n) is 8.88. The minimum Gasteiger partial charge on any atom is -0.508 e. The van der Waals surface area contributed by atoms with Gasteiger partial charge in [-0.3, -0.25) is 0 Å². The molecule has 2 aliphatic carbocycles. The molecular weight excluding hydrogens is 464 g/mol. The fourth-order valence-electron chi connectivity index (χ4n) is 4.62. The Hall–Kier alpha value is -2.48. The Labute approximate surface area is 236 Å². The molecule has 0 saturated heterocycles. The van der Waals surface area contributed by atoms with Crippen molar-refractivity contribution < 1.29 is 10.2 Å². The van der Waals surface area contributed by atoms with Gasteiger partial charge in [0.05, 0.1) is 0 Å². The maximum atomic E-state index is 10.1. The fourth-order valence-corrected chi connectivity index (χ4v) is 4.62. The summed E-state index contributed by atoms with van der Waals surface area (Å²) in [5.74, 6) is 2.45. The molecule has 0 aliphatic heterocycles. The van der Waals surface area contributed by atoms with Crippen molar-refractivity contribution in [3.05, 3.63) is 71.8 Å². The average molecular weight is 525 g/mol. The first-order valence-corrected chi connectivity index (χ1v) is 15.5. The maximum absolute atomic E-state index is 10.1. The molecule has 2 nitrogen and oxygen atoms in total. The average Bonchev–Trinajstić information content (AvgIpc) is 3.70. The minimum atomic E-state index is 0.368. The van der Waals surface area contributed by atoms with Gasteiger partial charge in [-0.05, 0) is 60.1 Å². The Balaban J connectivity index is 0. The van der Waals surface area contributed by atoms with E-state index in [1.165, 1.54) is 67.7 Å². The molecule has 5 rings (SSSR count). The molecule has 0 unspecified atom stereocenters. The Bertz CT molecular complexity index is 899. The third kappa shape index (κ3) is 13.9. The van der Waals surface area contributed by atoms with Crippen LogP contribution in [0, 0.1) is 12.8 Å². The predicted octanol–water partition coefficient (Wildman–Crippen LogP) is 12.2. The van der Waals surface area contributed by atoms with Crippen molar-refractivity contribution in [3.63, 3.8) is 0 Å². The molecule has 2 fully saturated rings. The summed E-state index contributed by atoms with van der Waals surface area (Å²) < 4.78 is 0. The summed E-state index contributed by atoms with van der Waals surface area (Å²) in [5, 5.41) is 21.5. The van der Waals surface area contributed by atoms with Gasteiger partial charge in [-0.1, -0.05) is 149 Å². The van der Waals surface area contributed by atoms with Crippen LogP contribution >= 0.6 is 0 Å². The van der Waals surface area contributed by atoms with E-state index in [1.807, 2.05) is 92.6 Å². The third-order valence-corrected chi connectivity index (χ3v) is 6.47. The van der Waals surface area contributed by atoms with Crippen molar-refractivity contribution in [3.8, 4) is 11.5 Å². The monoisotopic (exact) mass is 524 g/mol. The lowest BCUT2D eigenvalue weighted by Gasteiger charge is -2.14. The van der Waals surface area contributed by atoms with Crippen LogP contribution < -0.4 is 0 Å². The molecule has 216 valence electrons. The van der Waals surface area contributed by atoms with E-state index in [1.54, 1.807) is 6.07 Å². The van der Waals surface area contributed by atoms with Crippen LogP contribution in [-0.2, 0) is 0 Å². The van der Waals surface area contributed by atoms with Crippen molar-refractivity contribution in [2.75, 3.05) is 0 Å². The number of hydrogen-bond donors (Lipinski definition) is 2. The molecule has 2 N–H and O–H groups in total. The van der Waals surface area contributed by atoms with Gasteiger partial charge >= 0.3 is 0 Å². The highest BCUT2D eigenvalue weighted by atomic mass is 16.3. The summed E-state index contributed by atoms with van der Waals surface area (Å²) in [4.78, 5) is 0. The molecule has 0 bridgehead atoms. The highest BCUT2D eigenvalue weighted by molar-refractivity contribution is 5.88. The van der Waals surface area contributed by atoms with Gasteiger partial charge in [-0.25, -0.2) is 0 Å². The van der Waals surface area contributed by atoms with Gasteiger partial charge < -0.3 is 10.2 Å². The number of rotatable bonds is 1. The van der Waals surface area contributed by atoms with Crippen molar-refractivity contribution in [2.24, 2.45) is 5.92 Å². The summed E-state index contributed by atoms with van der Waals surface area (Å²) in [7, 11) is 0. The number of phenolic OH excluding ortho intramolecular Hbond substituents is 2. The minimum absolute atomic E-state index is 0.368. The van der Waals surface area contributed by atoms with Crippen molar-refractivity contribution in [1.29, 1.82) is 0 Å². The van der Waals surface area contributed by atoms with E-state index < -0.39 is 0 Å². The first kappa shape index (κ1) is 37.7. The summed E-state index contributed by atoms with van der Waals surface area (Å²) in [5.41, 5.74) is 2.10. The zero-order chi connectivity index (χ0) is 29.3. The lowest BCUT2D eigenvalue weighted by Crippen LogP contribution is -1.94. The lowest BCUT2D eigenvalue weighted by molar-refractivity contribution is 0.462. The summed E-state index contributed by atoms with van der Waals surface area (Å²) >= 11 is 0. The van der Waals surface area contributed by atoms with Crippen molar-refractivity contribution in [2.45, 2.75) is 127 Å². The van der Waals surface area contributed by atoms with E-state index in [-0.39, 0.29) is 0 Å². The van der Waals surface area contributed by atoms with Gasteiger partial charge in [-0.2, -0.15) is 0 Å². The molecule has 2 heteroatoms. The van der Waals surface area contributed by atoms with Crippen LogP contribution in [-0.4, -0.2) is 10.2 Å². The molecule has 0 heterocycles. The van der Waals surface area contributed by atoms with Crippen LogP contribution in [0.4, 0.5) is 0 Å². The van der Waals surface area contributed by atoms with E-state index in [0.717, 1.165) is 11.5 Å². The smallest absolute Gasteiger partial charge is 0.119 e. The van der Waals surface area contributed by atoms with E-state index in [2.05, 4.69) is 31.2 Å². The van der Waals surface area contributed by atoms with Crippen LogP contribution in [0.3, 0.4) is 0 Å². The second-order valence-corrected chi connectivity index (χ2v) is 8.88. The maximum Gasteiger partial charge on any atom is 0.119 e. The normalized spacial score (nSPS) is 13.7. The Morgan fingerprint density at radius 1 is 0.553 bits per heavy atom. The molecule has 0 aromatic heterocycles. The highest BCUT2D eigenvalue weighted by Crippen LogP contribution is 2.42. The predicted molar refractivity (Wildman–Crippen MR) is 173 cm³/mol. The number of phenols is 2. The Kier molecular flexibility index (Phi) is 24.6. The molecule has 0 spiro atoms. The Morgan fingerprint density at radius 3 is 1.47 bits per heavy atom. The van der Waals surface area contributed by atoms with Crippen LogP contribution in [0.25, 0.3) is 10.8 Å². The fraction of sp³-hybridized carbons (Fsp3) is 0.556. The number of aromatic hydroxyl groups is 2. The van der Waals surface area contributed by atoms with Gasteiger partial charge in [0.2, 0.25) is 0 Å². The highest BCUT2D eigenvalue weighted by Gasteiger charge is 2.21. The van der Waals surface area contributed by atoms with Crippen LogP contribution in [0.1, 0.15) is 131 Å².